The summed E-state index contributed by atoms with van der Waals surface area (Å²) in [4.78, 5) is 14.0. The van der Waals surface area contributed by atoms with Gasteiger partial charge in [0.1, 0.15) is 6.61 Å². The molecule has 2 aliphatic rings. The fourth-order valence-corrected chi connectivity index (χ4v) is 4.45. The number of hydrogen-bond acceptors (Lipinski definition) is 4. The molecule has 0 N–H and O–H groups in total. The highest BCUT2D eigenvalue weighted by atomic mass is 35.5. The molecule has 0 aromatic heterocycles. The van der Waals surface area contributed by atoms with E-state index in [1.165, 1.54) is 11.2 Å². The Labute approximate surface area is 146 Å². The van der Waals surface area contributed by atoms with Crippen molar-refractivity contribution in [2.24, 2.45) is 0 Å². The molecule has 1 fully saturated rings. The quantitative estimate of drug-likeness (QED) is 0.819. The summed E-state index contributed by atoms with van der Waals surface area (Å²) >= 11 is 6.00. The molecule has 0 spiro atoms. The Hall–Kier alpha value is -1.57. The van der Waals surface area contributed by atoms with Gasteiger partial charge in [-0.1, -0.05) is 18.2 Å². The molecule has 130 valence electrons. The number of amides is 1. The fraction of sp³-hybridized carbons (Fsp3) is 0.438. The highest BCUT2D eigenvalue weighted by Crippen LogP contribution is 2.34. The Balaban J connectivity index is 1.80. The van der Waals surface area contributed by atoms with Gasteiger partial charge in [0, 0.05) is 34.6 Å². The van der Waals surface area contributed by atoms with E-state index in [1.54, 1.807) is 17.0 Å². The van der Waals surface area contributed by atoms with Crippen molar-refractivity contribution < 1.29 is 17.9 Å². The molecule has 0 aliphatic carbocycles. The van der Waals surface area contributed by atoms with Crippen LogP contribution < -0.4 is 4.90 Å². The third kappa shape index (κ3) is 3.03. The normalized spacial score (nSPS) is 19.8. The number of halogens is 1. The molecule has 6 nitrogen and oxygen atoms in total. The van der Waals surface area contributed by atoms with E-state index in [2.05, 4.69) is 6.58 Å². The highest BCUT2D eigenvalue weighted by molar-refractivity contribution is 7.92. The van der Waals surface area contributed by atoms with E-state index in [1.807, 2.05) is 6.07 Å². The number of benzene rings is 1. The lowest BCUT2D eigenvalue weighted by molar-refractivity contribution is 0.136. The van der Waals surface area contributed by atoms with Crippen molar-refractivity contribution in [3.05, 3.63) is 40.3 Å². The molecule has 0 radical (unpaired) electrons. The molecule has 3 rings (SSSR count). The number of hydrogen-bond donors (Lipinski definition) is 0. The molecule has 1 aromatic carbocycles. The maximum atomic E-state index is 12.3. The van der Waals surface area contributed by atoms with Gasteiger partial charge < -0.3 is 4.74 Å². The Morgan fingerprint density at radius 3 is 2.62 bits per heavy atom. The molecule has 1 amide bonds. The number of piperidine rings is 1. The molecule has 8 heteroatoms. The molecular weight excluding hydrogens is 352 g/mol. The van der Waals surface area contributed by atoms with E-state index >= 15 is 0 Å². The molecule has 0 saturated carbocycles. The first-order valence-electron chi connectivity index (χ1n) is 7.71. The summed E-state index contributed by atoms with van der Waals surface area (Å²) < 4.78 is 31.0. The van der Waals surface area contributed by atoms with Gasteiger partial charge in [0.25, 0.3) is 0 Å². The molecule has 1 saturated heterocycles. The smallest absolute Gasteiger partial charge is 0.414 e. The lowest BCUT2D eigenvalue weighted by atomic mass is 10.0. The fourth-order valence-electron chi connectivity index (χ4n) is 3.12. The molecule has 1 aromatic rings. The molecular formula is C16H19ClN2O4S. The molecule has 0 atom stereocenters. The molecule has 24 heavy (non-hydrogen) atoms. The zero-order valence-corrected chi connectivity index (χ0v) is 14.9. The first-order valence-corrected chi connectivity index (χ1v) is 9.52. The first-order chi connectivity index (χ1) is 11.3. The van der Waals surface area contributed by atoms with Crippen LogP contribution in [0.15, 0.2) is 29.7 Å². The summed E-state index contributed by atoms with van der Waals surface area (Å²) in [6, 6.07) is 5.24. The summed E-state index contributed by atoms with van der Waals surface area (Å²) in [5.41, 5.74) is 1.65. The number of ether oxygens (including phenoxy) is 1. The van der Waals surface area contributed by atoms with Gasteiger partial charge in [-0.2, -0.15) is 4.31 Å². The first kappa shape index (κ1) is 17.3. The van der Waals surface area contributed by atoms with Crippen LogP contribution in [0, 0.1) is 0 Å². The number of cyclic esters (lactones) is 1. The predicted molar refractivity (Wildman–Crippen MR) is 92.4 cm³/mol. The van der Waals surface area contributed by atoms with Crippen molar-refractivity contribution in [2.45, 2.75) is 32.4 Å². The van der Waals surface area contributed by atoms with E-state index in [-0.39, 0.29) is 17.6 Å². The monoisotopic (exact) mass is 370 g/mol. The predicted octanol–water partition coefficient (Wildman–Crippen LogP) is 3.12. The number of anilines is 1. The van der Waals surface area contributed by atoms with Gasteiger partial charge in [0.2, 0.25) is 10.0 Å². The maximum Gasteiger partial charge on any atom is 0.414 e. The number of nitrogens with zero attached hydrogens (tertiary/aromatic N) is 2. The summed E-state index contributed by atoms with van der Waals surface area (Å²) in [7, 11) is -3.45. The van der Waals surface area contributed by atoms with Crippen LogP contribution >= 0.6 is 11.6 Å². The number of fused-ring (bicyclic) bond motifs is 1. The molecule has 2 aliphatic heterocycles. The van der Waals surface area contributed by atoms with Gasteiger partial charge >= 0.3 is 6.09 Å². The Morgan fingerprint density at radius 2 is 2.00 bits per heavy atom. The Morgan fingerprint density at radius 1 is 1.33 bits per heavy atom. The van der Waals surface area contributed by atoms with Gasteiger partial charge in [-0.05, 0) is 38.0 Å². The van der Waals surface area contributed by atoms with Crippen LogP contribution in [0.2, 0.25) is 5.02 Å². The average molecular weight is 371 g/mol. The van der Waals surface area contributed by atoms with E-state index < -0.39 is 16.1 Å². The third-order valence-corrected chi connectivity index (χ3v) is 6.58. The number of allylic oxidation sites excluding steroid dienone is 1. The molecule has 0 unspecified atom stereocenters. The second kappa shape index (κ2) is 6.38. The maximum absolute atomic E-state index is 12.3. The van der Waals surface area contributed by atoms with Gasteiger partial charge in [-0.3, -0.25) is 4.90 Å². The van der Waals surface area contributed by atoms with Crippen molar-refractivity contribution >= 4 is 33.4 Å². The molecule has 2 heterocycles. The minimum Gasteiger partial charge on any atom is -0.444 e. The number of carbonyl (C=O) groups excluding carboxylic acids is 1. The van der Waals surface area contributed by atoms with Crippen molar-refractivity contribution in [3.63, 3.8) is 0 Å². The highest BCUT2D eigenvalue weighted by Gasteiger charge is 2.36. The summed E-state index contributed by atoms with van der Waals surface area (Å²) in [5.74, 6) is 0. The number of sulfonamides is 1. The second-order valence-electron chi connectivity index (χ2n) is 6.03. The van der Waals surface area contributed by atoms with Crippen molar-refractivity contribution in [1.29, 1.82) is 0 Å². The van der Waals surface area contributed by atoms with E-state index in [4.69, 9.17) is 16.3 Å². The van der Waals surface area contributed by atoms with Crippen molar-refractivity contribution in [1.82, 2.24) is 4.31 Å². The van der Waals surface area contributed by atoms with Gasteiger partial charge in [0.05, 0.1) is 5.69 Å². The lowest BCUT2D eigenvalue weighted by Crippen LogP contribution is -2.50. The van der Waals surface area contributed by atoms with Crippen molar-refractivity contribution in [2.75, 3.05) is 18.0 Å². The average Bonchev–Trinajstić information content (AvgIpc) is 2.55. The number of rotatable bonds is 3. The van der Waals surface area contributed by atoms with Crippen LogP contribution in [-0.2, 0) is 21.4 Å². The third-order valence-electron chi connectivity index (χ3n) is 4.42. The SMILES string of the molecule is C=C(C)S(=O)(=O)N1CCC(N2C(=O)OCc3cc(Cl)ccc32)CC1. The van der Waals surface area contributed by atoms with Crippen LogP contribution in [0.5, 0.6) is 0 Å². The van der Waals surface area contributed by atoms with E-state index in [0.29, 0.717) is 31.0 Å². The summed E-state index contributed by atoms with van der Waals surface area (Å²) in [5, 5.41) is 0.592. The van der Waals surface area contributed by atoms with Gasteiger partial charge in [-0.15, -0.1) is 0 Å². The standard InChI is InChI=1S/C16H19ClN2O4S/c1-11(2)24(21,22)18-7-5-14(6-8-18)19-15-4-3-13(17)9-12(15)10-23-16(19)20/h3-4,9,14H,1,5-8,10H2,2H3. The topological polar surface area (TPSA) is 66.9 Å². The van der Waals surface area contributed by atoms with Crippen LogP contribution in [0.25, 0.3) is 0 Å². The van der Waals surface area contributed by atoms with Crippen LogP contribution in [0.4, 0.5) is 10.5 Å². The molecule has 0 bridgehead atoms. The second-order valence-corrected chi connectivity index (χ2v) is 8.63. The largest absolute Gasteiger partial charge is 0.444 e. The van der Waals surface area contributed by atoms with Crippen molar-refractivity contribution in [3.8, 4) is 0 Å². The summed E-state index contributed by atoms with van der Waals surface area (Å²) in [6.45, 7) is 5.93. The van der Waals surface area contributed by atoms with E-state index in [9.17, 15) is 13.2 Å². The van der Waals surface area contributed by atoms with Gasteiger partial charge in [0.15, 0.2) is 0 Å². The zero-order valence-electron chi connectivity index (χ0n) is 13.4. The van der Waals surface area contributed by atoms with E-state index in [0.717, 1.165) is 11.3 Å². The zero-order chi connectivity index (χ0) is 17.5. The Bertz CT molecular complexity index is 785. The minimum atomic E-state index is -3.45. The number of carbonyl (C=O) groups is 1. The van der Waals surface area contributed by atoms with Crippen LogP contribution in [0.3, 0.4) is 0 Å². The van der Waals surface area contributed by atoms with Crippen LogP contribution in [-0.4, -0.2) is 37.9 Å². The lowest BCUT2D eigenvalue weighted by Gasteiger charge is -2.39. The Kier molecular flexibility index (Phi) is 4.59. The van der Waals surface area contributed by atoms with Gasteiger partial charge in [-0.25, -0.2) is 13.2 Å². The van der Waals surface area contributed by atoms with Crippen LogP contribution in [0.1, 0.15) is 25.3 Å². The minimum absolute atomic E-state index is 0.103. The summed E-state index contributed by atoms with van der Waals surface area (Å²) in [6.07, 6.45) is 0.693.